The van der Waals surface area contributed by atoms with Crippen molar-refractivity contribution in [2.45, 2.75) is 19.4 Å². The highest BCUT2D eigenvalue weighted by Gasteiger charge is 2.10. The molecule has 2 aromatic heterocycles. The lowest BCUT2D eigenvalue weighted by molar-refractivity contribution is 0.549. The number of rotatable bonds is 5. The second kappa shape index (κ2) is 5.77. The zero-order valence-corrected chi connectivity index (χ0v) is 10.2. The van der Waals surface area contributed by atoms with Crippen LogP contribution < -0.4 is 5.32 Å². The maximum absolute atomic E-state index is 4.18. The molecule has 84 valence electrons. The van der Waals surface area contributed by atoms with Crippen LogP contribution >= 0.6 is 11.3 Å². The normalized spacial score (nSPS) is 12.6. The monoisotopic (exact) mass is 232 g/mol. The van der Waals surface area contributed by atoms with E-state index in [2.05, 4.69) is 40.1 Å². The van der Waals surface area contributed by atoms with Gasteiger partial charge in [0.2, 0.25) is 0 Å². The van der Waals surface area contributed by atoms with Crippen LogP contribution in [0.4, 0.5) is 0 Å². The highest BCUT2D eigenvalue weighted by atomic mass is 32.1. The van der Waals surface area contributed by atoms with Gasteiger partial charge >= 0.3 is 0 Å². The molecular formula is C13H16N2S. The average molecular weight is 232 g/mol. The van der Waals surface area contributed by atoms with E-state index in [0.717, 1.165) is 13.0 Å². The van der Waals surface area contributed by atoms with Gasteiger partial charge < -0.3 is 5.32 Å². The zero-order valence-electron chi connectivity index (χ0n) is 9.39. The lowest BCUT2D eigenvalue weighted by Crippen LogP contribution is -2.22. The Labute approximate surface area is 100 Å². The quantitative estimate of drug-likeness (QED) is 0.857. The minimum atomic E-state index is 0.369. The Morgan fingerprint density at radius 3 is 3.00 bits per heavy atom. The van der Waals surface area contributed by atoms with Gasteiger partial charge in [0.25, 0.3) is 0 Å². The summed E-state index contributed by atoms with van der Waals surface area (Å²) in [7, 11) is 0. The van der Waals surface area contributed by atoms with E-state index in [1.54, 1.807) is 11.3 Å². The van der Waals surface area contributed by atoms with E-state index < -0.39 is 0 Å². The Kier molecular flexibility index (Phi) is 4.08. The molecule has 0 bridgehead atoms. The van der Waals surface area contributed by atoms with Crippen LogP contribution in [0.3, 0.4) is 0 Å². The number of pyridine rings is 1. The molecule has 0 saturated carbocycles. The fraction of sp³-hybridized carbons (Fsp3) is 0.308. The van der Waals surface area contributed by atoms with E-state index >= 15 is 0 Å². The number of nitrogens with zero attached hydrogens (tertiary/aromatic N) is 1. The molecule has 2 nitrogen and oxygen atoms in total. The standard InChI is InChI=1S/C13H16N2S/c1-2-15-13(8-11-5-7-16-10-11)12-4-3-6-14-9-12/h3-7,9-10,13,15H,2,8H2,1H3. The van der Waals surface area contributed by atoms with Gasteiger partial charge in [0.15, 0.2) is 0 Å². The van der Waals surface area contributed by atoms with Crippen molar-refractivity contribution in [3.05, 3.63) is 52.5 Å². The molecule has 2 heterocycles. The second-order valence-electron chi connectivity index (χ2n) is 3.73. The number of hydrogen-bond acceptors (Lipinski definition) is 3. The SMILES string of the molecule is CCNC(Cc1ccsc1)c1cccnc1. The van der Waals surface area contributed by atoms with Crippen LogP contribution in [0.1, 0.15) is 24.1 Å². The Morgan fingerprint density at radius 1 is 1.44 bits per heavy atom. The van der Waals surface area contributed by atoms with Crippen LogP contribution in [0.25, 0.3) is 0 Å². The van der Waals surface area contributed by atoms with Gasteiger partial charge in [-0.15, -0.1) is 0 Å². The summed E-state index contributed by atoms with van der Waals surface area (Å²) in [6.07, 6.45) is 4.79. The zero-order chi connectivity index (χ0) is 11.2. The molecule has 1 N–H and O–H groups in total. The molecule has 0 aliphatic rings. The van der Waals surface area contributed by atoms with Gasteiger partial charge in [-0.1, -0.05) is 13.0 Å². The van der Waals surface area contributed by atoms with Crippen LogP contribution in [0, 0.1) is 0 Å². The lowest BCUT2D eigenvalue weighted by Gasteiger charge is -2.17. The topological polar surface area (TPSA) is 24.9 Å². The molecule has 0 aromatic carbocycles. The van der Waals surface area contributed by atoms with E-state index in [1.165, 1.54) is 11.1 Å². The molecule has 0 radical (unpaired) electrons. The first-order valence-electron chi connectivity index (χ1n) is 5.54. The Bertz CT molecular complexity index is 397. The fourth-order valence-electron chi connectivity index (χ4n) is 1.78. The predicted octanol–water partition coefficient (Wildman–Crippen LogP) is 3.04. The third kappa shape index (κ3) is 2.90. The Hall–Kier alpha value is -1.19. The van der Waals surface area contributed by atoms with Gasteiger partial charge in [-0.2, -0.15) is 11.3 Å². The molecule has 0 aliphatic heterocycles. The highest BCUT2D eigenvalue weighted by molar-refractivity contribution is 7.07. The van der Waals surface area contributed by atoms with Gasteiger partial charge in [0.1, 0.15) is 0 Å². The van der Waals surface area contributed by atoms with Gasteiger partial charge in [0, 0.05) is 18.4 Å². The fourth-order valence-corrected chi connectivity index (χ4v) is 2.46. The third-order valence-electron chi connectivity index (χ3n) is 2.56. The highest BCUT2D eigenvalue weighted by Crippen LogP contribution is 2.18. The van der Waals surface area contributed by atoms with Crippen molar-refractivity contribution in [2.24, 2.45) is 0 Å². The molecule has 0 spiro atoms. The summed E-state index contributed by atoms with van der Waals surface area (Å²) in [6.45, 7) is 3.11. The molecule has 0 amide bonds. The molecule has 1 atom stereocenters. The summed E-state index contributed by atoms with van der Waals surface area (Å²) in [4.78, 5) is 4.18. The number of likely N-dealkylation sites (N-methyl/N-ethyl adjacent to an activating group) is 1. The van der Waals surface area contributed by atoms with E-state index in [9.17, 15) is 0 Å². The number of aromatic nitrogens is 1. The van der Waals surface area contributed by atoms with Crippen molar-refractivity contribution < 1.29 is 0 Å². The molecule has 0 aliphatic carbocycles. The van der Waals surface area contributed by atoms with E-state index in [0.29, 0.717) is 6.04 Å². The molecule has 0 fully saturated rings. The van der Waals surface area contributed by atoms with Gasteiger partial charge in [-0.25, -0.2) is 0 Å². The first-order chi connectivity index (χ1) is 7.90. The summed E-state index contributed by atoms with van der Waals surface area (Å²) in [6, 6.07) is 6.68. The van der Waals surface area contributed by atoms with Crippen molar-refractivity contribution >= 4 is 11.3 Å². The molecule has 3 heteroatoms. The molecular weight excluding hydrogens is 216 g/mol. The third-order valence-corrected chi connectivity index (χ3v) is 3.29. The number of nitrogens with one attached hydrogen (secondary N) is 1. The van der Waals surface area contributed by atoms with Crippen molar-refractivity contribution in [2.75, 3.05) is 6.54 Å². The minimum absolute atomic E-state index is 0.369. The van der Waals surface area contributed by atoms with Crippen LogP contribution in [-0.4, -0.2) is 11.5 Å². The Morgan fingerprint density at radius 2 is 2.38 bits per heavy atom. The van der Waals surface area contributed by atoms with Crippen LogP contribution in [0.15, 0.2) is 41.4 Å². The van der Waals surface area contributed by atoms with Crippen LogP contribution in [0.5, 0.6) is 0 Å². The van der Waals surface area contributed by atoms with E-state index in [1.807, 2.05) is 18.5 Å². The first kappa shape index (κ1) is 11.3. The van der Waals surface area contributed by atoms with Gasteiger partial charge in [-0.05, 0) is 47.0 Å². The van der Waals surface area contributed by atoms with Gasteiger partial charge in [0.05, 0.1) is 0 Å². The Balaban J connectivity index is 2.11. The van der Waals surface area contributed by atoms with Crippen molar-refractivity contribution in [3.63, 3.8) is 0 Å². The number of hydrogen-bond donors (Lipinski definition) is 1. The maximum Gasteiger partial charge on any atom is 0.0376 e. The first-order valence-corrected chi connectivity index (χ1v) is 6.49. The van der Waals surface area contributed by atoms with Gasteiger partial charge in [-0.3, -0.25) is 4.98 Å². The average Bonchev–Trinajstić information content (AvgIpc) is 2.83. The summed E-state index contributed by atoms with van der Waals surface area (Å²) >= 11 is 1.75. The van der Waals surface area contributed by atoms with Crippen molar-refractivity contribution in [1.29, 1.82) is 0 Å². The molecule has 16 heavy (non-hydrogen) atoms. The second-order valence-corrected chi connectivity index (χ2v) is 4.51. The summed E-state index contributed by atoms with van der Waals surface area (Å²) in [5, 5.41) is 7.84. The van der Waals surface area contributed by atoms with E-state index in [4.69, 9.17) is 0 Å². The molecule has 0 saturated heterocycles. The molecule has 2 aromatic rings. The molecule has 2 rings (SSSR count). The lowest BCUT2D eigenvalue weighted by atomic mass is 10.0. The number of thiophene rings is 1. The minimum Gasteiger partial charge on any atom is -0.310 e. The van der Waals surface area contributed by atoms with E-state index in [-0.39, 0.29) is 0 Å². The molecule has 1 unspecified atom stereocenters. The van der Waals surface area contributed by atoms with Crippen LogP contribution in [-0.2, 0) is 6.42 Å². The van der Waals surface area contributed by atoms with Crippen molar-refractivity contribution in [3.8, 4) is 0 Å². The summed E-state index contributed by atoms with van der Waals surface area (Å²) in [5.41, 5.74) is 2.65. The van der Waals surface area contributed by atoms with Crippen molar-refractivity contribution in [1.82, 2.24) is 10.3 Å². The summed E-state index contributed by atoms with van der Waals surface area (Å²) in [5.74, 6) is 0. The van der Waals surface area contributed by atoms with Crippen LogP contribution in [0.2, 0.25) is 0 Å². The largest absolute Gasteiger partial charge is 0.310 e. The smallest absolute Gasteiger partial charge is 0.0376 e. The maximum atomic E-state index is 4.18. The predicted molar refractivity (Wildman–Crippen MR) is 68.7 cm³/mol. The summed E-state index contributed by atoms with van der Waals surface area (Å²) < 4.78 is 0.